The first-order valence-electron chi connectivity index (χ1n) is 9.11. The van der Waals surface area contributed by atoms with Crippen molar-refractivity contribution in [2.24, 2.45) is 9.98 Å². The van der Waals surface area contributed by atoms with Crippen molar-refractivity contribution < 1.29 is 0 Å². The molecule has 2 aliphatic heterocycles. The molecule has 1 unspecified atom stereocenters. The van der Waals surface area contributed by atoms with Gasteiger partial charge in [0.25, 0.3) is 0 Å². The summed E-state index contributed by atoms with van der Waals surface area (Å²) in [4.78, 5) is 34.8. The zero-order chi connectivity index (χ0) is 22.0. The van der Waals surface area contributed by atoms with Crippen molar-refractivity contribution in [2.75, 3.05) is 6.54 Å². The third-order valence-electron chi connectivity index (χ3n) is 4.98. The predicted octanol–water partition coefficient (Wildman–Crippen LogP) is 0.931. The summed E-state index contributed by atoms with van der Waals surface area (Å²) in [5.74, 6) is 0. The summed E-state index contributed by atoms with van der Waals surface area (Å²) in [6, 6.07) is 7.37. The predicted molar refractivity (Wildman–Crippen MR) is 107 cm³/mol. The third kappa shape index (κ3) is 2.32. The Morgan fingerprint density at radius 3 is 1.53 bits per heavy atom. The summed E-state index contributed by atoms with van der Waals surface area (Å²) in [5.41, 5.74) is 2.20. The Hall–Kier alpha value is -5.46. The van der Waals surface area contributed by atoms with E-state index in [4.69, 9.17) is 0 Å². The molecule has 6 rings (SSSR count). The third-order valence-corrected chi connectivity index (χ3v) is 4.98. The average molecular weight is 412 g/mol. The number of hydrogen-bond acceptors (Lipinski definition) is 12. The molecule has 0 N–H and O–H groups in total. The van der Waals surface area contributed by atoms with Gasteiger partial charge in [0.15, 0.2) is 22.8 Å². The van der Waals surface area contributed by atoms with Gasteiger partial charge in [0.1, 0.15) is 74.8 Å². The molecule has 1 atom stereocenters. The second-order valence-corrected chi connectivity index (χ2v) is 6.84. The van der Waals surface area contributed by atoms with E-state index in [2.05, 4.69) is 39.9 Å². The zero-order valence-corrected chi connectivity index (χ0v) is 15.7. The van der Waals surface area contributed by atoms with Gasteiger partial charge in [-0.05, 0) is 0 Å². The molecule has 32 heavy (non-hydrogen) atoms. The smallest absolute Gasteiger partial charge is 0.177 e. The fourth-order valence-electron chi connectivity index (χ4n) is 3.41. The van der Waals surface area contributed by atoms with Crippen molar-refractivity contribution in [1.29, 1.82) is 21.0 Å². The van der Waals surface area contributed by atoms with Crippen LogP contribution in [0.4, 0.5) is 0 Å². The van der Waals surface area contributed by atoms with Gasteiger partial charge in [-0.1, -0.05) is 0 Å². The van der Waals surface area contributed by atoms with Crippen molar-refractivity contribution in [1.82, 2.24) is 29.9 Å². The number of hydrogen-bond donors (Lipinski definition) is 0. The Bertz CT molecular complexity index is 1800. The van der Waals surface area contributed by atoms with E-state index in [-0.39, 0.29) is 61.9 Å². The van der Waals surface area contributed by atoms with Crippen LogP contribution in [0.5, 0.6) is 0 Å². The highest BCUT2D eigenvalue weighted by Gasteiger charge is 2.28. The van der Waals surface area contributed by atoms with Crippen LogP contribution in [-0.4, -0.2) is 48.4 Å². The average Bonchev–Trinajstić information content (AvgIpc) is 3.74. The molecule has 12 heteroatoms. The van der Waals surface area contributed by atoms with Gasteiger partial charge in [0, 0.05) is 6.21 Å². The van der Waals surface area contributed by atoms with Gasteiger partial charge in [-0.3, -0.25) is 9.98 Å². The standard InChI is InChI=1S/C20H4N12/c21-1-7-8(2-22)28-16-15(27-7)17-20(32-13(11-5-25-11)9(3-23)29-17)18-19(16)31-14(12-6-26-12)10(4-24)30-18/h6,12H,5H2. The maximum atomic E-state index is 9.61. The van der Waals surface area contributed by atoms with Gasteiger partial charge in [-0.15, -0.1) is 0 Å². The van der Waals surface area contributed by atoms with Crippen LogP contribution in [0.3, 0.4) is 0 Å². The number of rotatable bonds is 2. The Balaban J connectivity index is 1.88. The van der Waals surface area contributed by atoms with Gasteiger partial charge in [0.2, 0.25) is 0 Å². The molecule has 0 saturated heterocycles. The lowest BCUT2D eigenvalue weighted by molar-refractivity contribution is 1.01. The van der Waals surface area contributed by atoms with E-state index < -0.39 is 0 Å². The van der Waals surface area contributed by atoms with Crippen molar-refractivity contribution in [3.8, 4) is 24.3 Å². The zero-order valence-electron chi connectivity index (χ0n) is 15.7. The summed E-state index contributed by atoms with van der Waals surface area (Å²) in [6.07, 6.45) is 1.63. The van der Waals surface area contributed by atoms with Crippen LogP contribution >= 0.6 is 0 Å². The molecule has 144 valence electrons. The van der Waals surface area contributed by atoms with Crippen LogP contribution < -0.4 is 0 Å². The topological polar surface area (TPSA) is 197 Å². The number of nitriles is 4. The highest BCUT2D eigenvalue weighted by Crippen LogP contribution is 2.34. The Morgan fingerprint density at radius 2 is 1.06 bits per heavy atom. The highest BCUT2D eigenvalue weighted by atomic mass is 15.0. The molecule has 5 heterocycles. The lowest BCUT2D eigenvalue weighted by Crippen LogP contribution is -2.08. The molecule has 12 nitrogen and oxygen atoms in total. The van der Waals surface area contributed by atoms with Crippen LogP contribution in [0.25, 0.3) is 33.1 Å². The Kier molecular flexibility index (Phi) is 3.27. The summed E-state index contributed by atoms with van der Waals surface area (Å²) in [5, 5.41) is 38.1. The van der Waals surface area contributed by atoms with Crippen LogP contribution in [0, 0.1) is 45.3 Å². The SMILES string of the molecule is N#Cc1nc2c(nc1C#N)c1nc(C3C=N3)c(C#N)nc1c1nc(C3=NC3)c(C#N)nc21. The first-order chi connectivity index (χ1) is 15.7. The molecule has 0 amide bonds. The molecule has 3 aromatic heterocycles. The van der Waals surface area contributed by atoms with Gasteiger partial charge >= 0.3 is 0 Å². The number of nitrogens with zero attached hydrogens (tertiary/aromatic N) is 12. The molecular weight excluding hydrogens is 408 g/mol. The Labute approximate surface area is 177 Å². The van der Waals surface area contributed by atoms with E-state index in [9.17, 15) is 21.0 Å². The van der Waals surface area contributed by atoms with Gasteiger partial charge in [0.05, 0.1) is 12.3 Å². The van der Waals surface area contributed by atoms with E-state index in [1.54, 1.807) is 6.21 Å². The van der Waals surface area contributed by atoms with Crippen molar-refractivity contribution in [2.45, 2.75) is 6.04 Å². The normalized spacial score (nSPS) is 15.6. The largest absolute Gasteiger partial charge is 0.279 e. The molecule has 0 fully saturated rings. The molecule has 0 radical (unpaired) electrons. The lowest BCUT2D eigenvalue weighted by atomic mass is 10.1. The van der Waals surface area contributed by atoms with Crippen LogP contribution in [0.1, 0.15) is 40.2 Å². The second kappa shape index (κ2) is 6.02. The second-order valence-electron chi connectivity index (χ2n) is 6.84. The Morgan fingerprint density at radius 1 is 0.625 bits per heavy atom. The first kappa shape index (κ1) is 17.4. The van der Waals surface area contributed by atoms with Gasteiger partial charge in [-0.25, -0.2) is 29.9 Å². The summed E-state index contributed by atoms with van der Waals surface area (Å²) < 4.78 is 0. The summed E-state index contributed by atoms with van der Waals surface area (Å²) in [7, 11) is 0. The molecule has 2 aliphatic rings. The van der Waals surface area contributed by atoms with Crippen LogP contribution in [-0.2, 0) is 0 Å². The minimum Gasteiger partial charge on any atom is -0.279 e. The van der Waals surface area contributed by atoms with Crippen molar-refractivity contribution in [3.63, 3.8) is 0 Å². The fraction of sp³-hybridized carbons (Fsp3) is 0.100. The fourth-order valence-corrected chi connectivity index (χ4v) is 3.41. The number of fused-ring (bicyclic) bond motifs is 6. The number of aromatic nitrogens is 6. The van der Waals surface area contributed by atoms with E-state index >= 15 is 0 Å². The van der Waals surface area contributed by atoms with Gasteiger partial charge < -0.3 is 0 Å². The minimum atomic E-state index is -0.363. The molecule has 0 spiro atoms. The van der Waals surface area contributed by atoms with E-state index in [0.717, 1.165) is 0 Å². The van der Waals surface area contributed by atoms with Gasteiger partial charge in [-0.2, -0.15) is 21.0 Å². The first-order valence-corrected chi connectivity index (χ1v) is 9.11. The van der Waals surface area contributed by atoms with Crippen LogP contribution in [0.15, 0.2) is 9.98 Å². The van der Waals surface area contributed by atoms with E-state index in [1.165, 1.54) is 0 Å². The quantitative estimate of drug-likeness (QED) is 0.427. The minimum absolute atomic E-state index is 0.0375. The summed E-state index contributed by atoms with van der Waals surface area (Å²) >= 11 is 0. The summed E-state index contributed by atoms with van der Waals surface area (Å²) in [6.45, 7) is 0.447. The van der Waals surface area contributed by atoms with E-state index in [0.29, 0.717) is 23.6 Å². The van der Waals surface area contributed by atoms with Crippen LogP contribution in [0.2, 0.25) is 0 Å². The van der Waals surface area contributed by atoms with E-state index in [1.807, 2.05) is 24.3 Å². The maximum absolute atomic E-state index is 9.61. The number of aliphatic imine (C=N–C) groups is 2. The molecule has 1 aromatic carbocycles. The molecule has 0 aliphatic carbocycles. The molecule has 4 aromatic rings. The lowest BCUT2D eigenvalue weighted by Gasteiger charge is -2.10. The number of benzene rings is 1. The molecular formula is C20H4N12. The highest BCUT2D eigenvalue weighted by molar-refractivity contribution is 6.19. The monoisotopic (exact) mass is 412 g/mol. The maximum Gasteiger partial charge on any atom is 0.177 e. The molecule has 0 saturated carbocycles. The van der Waals surface area contributed by atoms with Crippen molar-refractivity contribution >= 4 is 45.0 Å². The molecule has 0 bridgehead atoms. The van der Waals surface area contributed by atoms with Crippen molar-refractivity contribution in [3.05, 3.63) is 34.2 Å².